The normalized spacial score (nSPS) is 24.0. The van der Waals surface area contributed by atoms with E-state index in [2.05, 4.69) is 0 Å². The maximum Gasteiger partial charge on any atom is 0.338 e. The van der Waals surface area contributed by atoms with E-state index < -0.39 is 48.6 Å². The summed E-state index contributed by atoms with van der Waals surface area (Å²) in [5.74, 6) is -1.98. The van der Waals surface area contributed by atoms with Crippen LogP contribution in [0, 0.1) is 0 Å². The Morgan fingerprint density at radius 3 is 1.93 bits per heavy atom. The number of rotatable bonds is 6. The second-order valence-corrected chi connectivity index (χ2v) is 6.78. The van der Waals surface area contributed by atoms with Crippen LogP contribution in [0.25, 0.3) is 0 Å². The van der Waals surface area contributed by atoms with Crippen LogP contribution >= 0.6 is 0 Å². The largest absolute Gasteiger partial charge is 0.456 e. The van der Waals surface area contributed by atoms with Crippen LogP contribution in [-0.4, -0.2) is 53.7 Å². The molecule has 8 heteroatoms. The summed E-state index contributed by atoms with van der Waals surface area (Å²) in [6, 6.07) is 16.5. The van der Waals surface area contributed by atoms with Crippen molar-refractivity contribution in [3.05, 3.63) is 71.8 Å². The molecule has 0 spiro atoms. The van der Waals surface area contributed by atoms with Crippen LogP contribution in [0.4, 0.5) is 0 Å². The van der Waals surface area contributed by atoms with Crippen LogP contribution < -0.4 is 0 Å². The van der Waals surface area contributed by atoms with E-state index in [0.717, 1.165) is 6.92 Å². The minimum atomic E-state index is -1.55. The van der Waals surface area contributed by atoms with Gasteiger partial charge in [0, 0.05) is 6.92 Å². The lowest BCUT2D eigenvalue weighted by atomic mass is 10.1. The maximum atomic E-state index is 12.5. The van der Waals surface area contributed by atoms with Crippen LogP contribution in [0.1, 0.15) is 34.6 Å². The van der Waals surface area contributed by atoms with Crippen LogP contribution in [0.5, 0.6) is 0 Å². The predicted molar refractivity (Wildman–Crippen MR) is 103 cm³/mol. The van der Waals surface area contributed by atoms with Gasteiger partial charge in [0.25, 0.3) is 0 Å². The number of benzene rings is 2. The molecule has 30 heavy (non-hydrogen) atoms. The van der Waals surface area contributed by atoms with E-state index in [1.54, 1.807) is 60.7 Å². The molecule has 1 saturated heterocycles. The van der Waals surface area contributed by atoms with Gasteiger partial charge in [0.2, 0.25) is 0 Å². The molecule has 1 aliphatic rings. The summed E-state index contributed by atoms with van der Waals surface area (Å²) >= 11 is 0. The Morgan fingerprint density at radius 2 is 1.40 bits per heavy atom. The molecule has 1 N–H and O–H groups in total. The average molecular weight is 414 g/mol. The zero-order chi connectivity index (χ0) is 21.7. The molecule has 158 valence electrons. The number of carbonyl (C=O) groups is 3. The van der Waals surface area contributed by atoms with Gasteiger partial charge in [-0.3, -0.25) is 4.79 Å². The Morgan fingerprint density at radius 1 is 0.867 bits per heavy atom. The fourth-order valence-corrected chi connectivity index (χ4v) is 3.14. The highest BCUT2D eigenvalue weighted by Crippen LogP contribution is 2.30. The topological polar surface area (TPSA) is 108 Å². The first-order valence-electron chi connectivity index (χ1n) is 9.39. The van der Waals surface area contributed by atoms with Gasteiger partial charge >= 0.3 is 17.9 Å². The highest BCUT2D eigenvalue weighted by atomic mass is 16.7. The molecule has 8 nitrogen and oxygen atoms in total. The van der Waals surface area contributed by atoms with Crippen molar-refractivity contribution in [2.45, 2.75) is 44.6 Å². The number of ether oxygens (including phenoxy) is 4. The van der Waals surface area contributed by atoms with E-state index in [-0.39, 0.29) is 5.56 Å². The van der Waals surface area contributed by atoms with Gasteiger partial charge in [-0.2, -0.15) is 0 Å². The van der Waals surface area contributed by atoms with Gasteiger partial charge in [-0.1, -0.05) is 36.4 Å². The molecule has 3 rings (SSSR count). The number of aliphatic hydroxyl groups is 1. The molecule has 2 aromatic carbocycles. The third kappa shape index (κ3) is 5.03. The average Bonchev–Trinajstić information content (AvgIpc) is 3.04. The fourth-order valence-electron chi connectivity index (χ4n) is 3.14. The summed E-state index contributed by atoms with van der Waals surface area (Å²) in [4.78, 5) is 36.4. The Kier molecular flexibility index (Phi) is 6.81. The second kappa shape index (κ2) is 9.51. The number of hydrogen-bond donors (Lipinski definition) is 1. The van der Waals surface area contributed by atoms with Crippen LogP contribution in [0.15, 0.2) is 60.7 Å². The summed E-state index contributed by atoms with van der Waals surface area (Å²) in [6.45, 7) is 2.70. The molecule has 0 aliphatic carbocycles. The monoisotopic (exact) mass is 414 g/mol. The summed E-state index contributed by atoms with van der Waals surface area (Å²) in [7, 11) is 0. The van der Waals surface area contributed by atoms with E-state index in [1.165, 1.54) is 6.92 Å². The molecule has 1 heterocycles. The molecular formula is C22H22O8. The third-order valence-electron chi connectivity index (χ3n) is 4.54. The summed E-state index contributed by atoms with van der Waals surface area (Å²) in [6.07, 6.45) is -5.97. The highest BCUT2D eigenvalue weighted by molar-refractivity contribution is 5.90. The number of hydrogen-bond acceptors (Lipinski definition) is 8. The smallest absolute Gasteiger partial charge is 0.338 e. The molecule has 1 aliphatic heterocycles. The van der Waals surface area contributed by atoms with Crippen molar-refractivity contribution in [2.75, 3.05) is 0 Å². The molecule has 0 unspecified atom stereocenters. The van der Waals surface area contributed by atoms with E-state index in [1.807, 2.05) is 0 Å². The van der Waals surface area contributed by atoms with E-state index in [0.29, 0.717) is 5.56 Å². The summed E-state index contributed by atoms with van der Waals surface area (Å²) in [5.41, 5.74) is 0.602. The first kappa shape index (κ1) is 21.5. The standard InChI is InChI=1S/C22H22O8/c1-13(27-20(24)15-9-5-3-6-10-15)17-18(19(22(26)29-17)28-14(2)23)30-21(25)16-11-7-4-8-12-16/h3-13,17-19,22,26H,1-2H3/t13-,17-,18+,19-,22-/m1/s1. The lowest BCUT2D eigenvalue weighted by molar-refractivity contribution is -0.172. The quantitative estimate of drug-likeness (QED) is 0.566. The molecule has 0 bridgehead atoms. The predicted octanol–water partition coefficient (Wildman–Crippen LogP) is 2.11. The zero-order valence-corrected chi connectivity index (χ0v) is 16.5. The SMILES string of the molecule is CC(=O)O[C@@H]1[C@@H](OC(=O)c2ccccc2)[C@@H]([C@@H](C)OC(=O)c2ccccc2)O[C@H]1O. The van der Waals surface area contributed by atoms with E-state index in [4.69, 9.17) is 18.9 Å². The van der Waals surface area contributed by atoms with Crippen molar-refractivity contribution in [3.8, 4) is 0 Å². The third-order valence-corrected chi connectivity index (χ3v) is 4.54. The highest BCUT2D eigenvalue weighted by Gasteiger charge is 2.52. The molecule has 0 aromatic heterocycles. The van der Waals surface area contributed by atoms with Crippen LogP contribution in [-0.2, 0) is 23.7 Å². The molecule has 2 aromatic rings. The van der Waals surface area contributed by atoms with E-state index in [9.17, 15) is 19.5 Å². The first-order chi connectivity index (χ1) is 14.4. The zero-order valence-electron chi connectivity index (χ0n) is 16.5. The maximum absolute atomic E-state index is 12.5. The molecule has 1 fully saturated rings. The fraction of sp³-hybridized carbons (Fsp3) is 0.318. The van der Waals surface area contributed by atoms with Gasteiger partial charge < -0.3 is 24.1 Å². The van der Waals surface area contributed by atoms with Crippen molar-refractivity contribution < 1.29 is 38.4 Å². The van der Waals surface area contributed by atoms with Crippen LogP contribution in [0.3, 0.4) is 0 Å². The number of aliphatic hydroxyl groups excluding tert-OH is 1. The molecular weight excluding hydrogens is 392 g/mol. The van der Waals surface area contributed by atoms with Crippen molar-refractivity contribution in [1.29, 1.82) is 0 Å². The Hall–Kier alpha value is -3.23. The second-order valence-electron chi connectivity index (χ2n) is 6.78. The Bertz CT molecular complexity index is 883. The Labute approximate surface area is 173 Å². The molecule has 0 saturated carbocycles. The van der Waals surface area contributed by atoms with Gasteiger partial charge in [0.1, 0.15) is 12.2 Å². The van der Waals surface area contributed by atoms with Crippen LogP contribution in [0.2, 0.25) is 0 Å². The molecule has 0 amide bonds. The van der Waals surface area contributed by atoms with Gasteiger partial charge in [0.05, 0.1) is 11.1 Å². The molecule has 5 atom stereocenters. The van der Waals surface area contributed by atoms with Gasteiger partial charge in [-0.05, 0) is 31.2 Å². The van der Waals surface area contributed by atoms with Gasteiger partial charge in [0.15, 0.2) is 18.5 Å². The van der Waals surface area contributed by atoms with Crippen molar-refractivity contribution >= 4 is 17.9 Å². The minimum absolute atomic E-state index is 0.271. The first-order valence-corrected chi connectivity index (χ1v) is 9.39. The Balaban J connectivity index is 1.78. The lowest BCUT2D eigenvalue weighted by Crippen LogP contribution is -2.44. The van der Waals surface area contributed by atoms with E-state index >= 15 is 0 Å². The minimum Gasteiger partial charge on any atom is -0.456 e. The summed E-state index contributed by atoms with van der Waals surface area (Å²) < 4.78 is 21.5. The van der Waals surface area contributed by atoms with Crippen molar-refractivity contribution in [3.63, 3.8) is 0 Å². The number of esters is 3. The van der Waals surface area contributed by atoms with Gasteiger partial charge in [-0.25, -0.2) is 9.59 Å². The molecule has 0 radical (unpaired) electrons. The van der Waals surface area contributed by atoms with Crippen molar-refractivity contribution in [1.82, 2.24) is 0 Å². The summed E-state index contributed by atoms with van der Waals surface area (Å²) in [5, 5.41) is 10.2. The lowest BCUT2D eigenvalue weighted by Gasteiger charge is -2.26. The van der Waals surface area contributed by atoms with Gasteiger partial charge in [-0.15, -0.1) is 0 Å². The van der Waals surface area contributed by atoms with Crippen molar-refractivity contribution in [2.24, 2.45) is 0 Å². The number of carbonyl (C=O) groups excluding carboxylic acids is 3.